The minimum Gasteiger partial charge on any atom is -0.362 e. The standard InChI is InChI=1S/C12H13NO2.C9H12O2/c1-2-3-8-13-11(14)9-6-4-5-7-10(9)12(13)15;1-2-9(10,11)8-6-4-3-5-7-8/h4-7H,2-3,8H2,1H3;3-7,10-11H,2H2,1H3. The average molecular weight is 355 g/mol. The van der Waals surface area contributed by atoms with Crippen molar-refractivity contribution in [3.63, 3.8) is 0 Å². The van der Waals surface area contributed by atoms with Gasteiger partial charge in [0, 0.05) is 18.5 Å². The number of amides is 2. The van der Waals surface area contributed by atoms with Gasteiger partial charge in [0.25, 0.3) is 11.8 Å². The first-order valence-electron chi connectivity index (χ1n) is 8.87. The van der Waals surface area contributed by atoms with Gasteiger partial charge in [-0.05, 0) is 18.6 Å². The van der Waals surface area contributed by atoms with Crippen molar-refractivity contribution in [3.8, 4) is 0 Å². The summed E-state index contributed by atoms with van der Waals surface area (Å²) in [6.45, 7) is 4.30. The molecule has 5 heteroatoms. The van der Waals surface area contributed by atoms with E-state index >= 15 is 0 Å². The van der Waals surface area contributed by atoms with Crippen molar-refractivity contribution in [2.45, 2.75) is 38.9 Å². The van der Waals surface area contributed by atoms with Crippen molar-refractivity contribution in [2.75, 3.05) is 6.54 Å². The molecule has 1 heterocycles. The fourth-order valence-electron chi connectivity index (χ4n) is 2.67. The molecule has 0 saturated carbocycles. The zero-order chi connectivity index (χ0) is 19.2. The Morgan fingerprint density at radius 2 is 1.35 bits per heavy atom. The van der Waals surface area contributed by atoms with Crippen molar-refractivity contribution in [1.29, 1.82) is 0 Å². The zero-order valence-electron chi connectivity index (χ0n) is 15.2. The number of carbonyl (C=O) groups is 2. The van der Waals surface area contributed by atoms with E-state index in [-0.39, 0.29) is 11.8 Å². The summed E-state index contributed by atoms with van der Waals surface area (Å²) in [6, 6.07) is 15.8. The van der Waals surface area contributed by atoms with Crippen LogP contribution in [0.1, 0.15) is 59.4 Å². The fraction of sp³-hybridized carbons (Fsp3) is 0.333. The van der Waals surface area contributed by atoms with Crippen LogP contribution < -0.4 is 0 Å². The van der Waals surface area contributed by atoms with Crippen molar-refractivity contribution < 1.29 is 19.8 Å². The highest BCUT2D eigenvalue weighted by atomic mass is 16.5. The summed E-state index contributed by atoms with van der Waals surface area (Å²) in [5.41, 5.74) is 1.62. The Balaban J connectivity index is 0.000000197. The third-order valence-electron chi connectivity index (χ3n) is 4.34. The Bertz CT molecular complexity index is 721. The maximum atomic E-state index is 11.8. The van der Waals surface area contributed by atoms with E-state index in [1.54, 1.807) is 55.5 Å². The summed E-state index contributed by atoms with van der Waals surface area (Å²) in [5.74, 6) is -1.96. The number of benzene rings is 2. The predicted molar refractivity (Wildman–Crippen MR) is 99.6 cm³/mol. The number of aliphatic hydroxyl groups is 2. The third kappa shape index (κ3) is 4.36. The average Bonchev–Trinajstić information content (AvgIpc) is 2.92. The van der Waals surface area contributed by atoms with Crippen LogP contribution in [-0.2, 0) is 5.79 Å². The Kier molecular flexibility index (Phi) is 6.66. The molecule has 26 heavy (non-hydrogen) atoms. The van der Waals surface area contributed by atoms with Crippen molar-refractivity contribution in [1.82, 2.24) is 4.90 Å². The Hall–Kier alpha value is -2.50. The summed E-state index contributed by atoms with van der Waals surface area (Å²) in [4.78, 5) is 25.0. The molecule has 1 aliphatic heterocycles. The topological polar surface area (TPSA) is 77.8 Å². The normalized spacial score (nSPS) is 13.3. The Labute approximate surface area is 153 Å². The first-order chi connectivity index (χ1) is 12.4. The van der Waals surface area contributed by atoms with E-state index in [4.69, 9.17) is 0 Å². The van der Waals surface area contributed by atoms with Crippen LogP contribution in [0, 0.1) is 0 Å². The van der Waals surface area contributed by atoms with Crippen molar-refractivity contribution in [3.05, 3.63) is 71.3 Å². The molecule has 0 atom stereocenters. The number of unbranched alkanes of at least 4 members (excludes halogenated alkanes) is 1. The lowest BCUT2D eigenvalue weighted by Crippen LogP contribution is -2.30. The number of nitrogens with zero attached hydrogens (tertiary/aromatic N) is 1. The van der Waals surface area contributed by atoms with E-state index in [1.165, 1.54) is 4.90 Å². The van der Waals surface area contributed by atoms with E-state index in [9.17, 15) is 19.8 Å². The maximum absolute atomic E-state index is 11.8. The smallest absolute Gasteiger partial charge is 0.261 e. The first-order valence-corrected chi connectivity index (χ1v) is 8.87. The SMILES string of the molecule is CCC(O)(O)c1ccccc1.CCCCN1C(=O)c2ccccc2C1=O. The van der Waals surface area contributed by atoms with Gasteiger partial charge in [0.1, 0.15) is 0 Å². The molecule has 0 fully saturated rings. The van der Waals surface area contributed by atoms with Gasteiger partial charge in [0.2, 0.25) is 0 Å². The van der Waals surface area contributed by atoms with Crippen molar-refractivity contribution in [2.24, 2.45) is 0 Å². The maximum Gasteiger partial charge on any atom is 0.261 e. The largest absolute Gasteiger partial charge is 0.362 e. The molecule has 2 N–H and O–H groups in total. The molecule has 2 aromatic rings. The van der Waals surface area contributed by atoms with E-state index in [0.717, 1.165) is 12.8 Å². The number of rotatable bonds is 5. The molecule has 5 nitrogen and oxygen atoms in total. The van der Waals surface area contributed by atoms with Gasteiger partial charge in [-0.3, -0.25) is 14.5 Å². The molecule has 0 saturated heterocycles. The van der Waals surface area contributed by atoms with Gasteiger partial charge in [0.05, 0.1) is 11.1 Å². The van der Waals surface area contributed by atoms with Crippen LogP contribution in [0.15, 0.2) is 54.6 Å². The lowest BCUT2D eigenvalue weighted by atomic mass is 10.0. The van der Waals surface area contributed by atoms with Crippen LogP contribution in [-0.4, -0.2) is 33.5 Å². The lowest BCUT2D eigenvalue weighted by molar-refractivity contribution is -0.171. The summed E-state index contributed by atoms with van der Waals surface area (Å²) in [7, 11) is 0. The van der Waals surface area contributed by atoms with E-state index in [0.29, 0.717) is 29.7 Å². The van der Waals surface area contributed by atoms with Crippen LogP contribution in [0.2, 0.25) is 0 Å². The van der Waals surface area contributed by atoms with Gasteiger partial charge in [0.15, 0.2) is 5.79 Å². The van der Waals surface area contributed by atoms with E-state index in [2.05, 4.69) is 0 Å². The Morgan fingerprint density at radius 3 is 1.81 bits per heavy atom. The quantitative estimate of drug-likeness (QED) is 0.637. The second-order valence-electron chi connectivity index (χ2n) is 6.20. The molecule has 3 rings (SSSR count). The van der Waals surface area contributed by atoms with Gasteiger partial charge >= 0.3 is 0 Å². The molecular weight excluding hydrogens is 330 g/mol. The molecule has 138 valence electrons. The van der Waals surface area contributed by atoms with Gasteiger partial charge in [-0.15, -0.1) is 0 Å². The lowest BCUT2D eigenvalue weighted by Gasteiger charge is -2.19. The third-order valence-corrected chi connectivity index (χ3v) is 4.34. The highest BCUT2D eigenvalue weighted by molar-refractivity contribution is 6.21. The molecule has 2 aromatic carbocycles. The summed E-state index contributed by atoms with van der Waals surface area (Å²) in [5, 5.41) is 18.7. The first kappa shape index (κ1) is 19.8. The van der Waals surface area contributed by atoms with Crippen LogP contribution in [0.3, 0.4) is 0 Å². The molecule has 2 amide bonds. The van der Waals surface area contributed by atoms with Crippen molar-refractivity contribution >= 4 is 11.8 Å². The number of carbonyl (C=O) groups excluding carboxylic acids is 2. The van der Waals surface area contributed by atoms with Gasteiger partial charge in [-0.25, -0.2) is 0 Å². The van der Waals surface area contributed by atoms with E-state index < -0.39 is 5.79 Å². The molecule has 0 spiro atoms. The second-order valence-corrected chi connectivity index (χ2v) is 6.20. The minimum atomic E-state index is -1.67. The van der Waals surface area contributed by atoms with Crippen LogP contribution in [0.25, 0.3) is 0 Å². The van der Waals surface area contributed by atoms with Gasteiger partial charge in [-0.2, -0.15) is 0 Å². The molecule has 0 radical (unpaired) electrons. The minimum absolute atomic E-state index is 0.149. The molecule has 0 unspecified atom stereocenters. The molecule has 1 aliphatic rings. The number of hydrogen-bond donors (Lipinski definition) is 2. The second kappa shape index (κ2) is 8.74. The van der Waals surface area contributed by atoms with Gasteiger partial charge in [-0.1, -0.05) is 62.7 Å². The molecule has 0 bridgehead atoms. The van der Waals surface area contributed by atoms with Crippen LogP contribution in [0.5, 0.6) is 0 Å². The Morgan fingerprint density at radius 1 is 0.846 bits per heavy atom. The predicted octanol–water partition coefficient (Wildman–Crippen LogP) is 3.32. The molecule has 0 aromatic heterocycles. The molecule has 0 aliphatic carbocycles. The van der Waals surface area contributed by atoms with Crippen LogP contribution in [0.4, 0.5) is 0 Å². The highest BCUT2D eigenvalue weighted by Gasteiger charge is 2.34. The number of hydrogen-bond acceptors (Lipinski definition) is 4. The summed E-state index contributed by atoms with van der Waals surface area (Å²) in [6.07, 6.45) is 2.15. The highest BCUT2D eigenvalue weighted by Crippen LogP contribution is 2.22. The summed E-state index contributed by atoms with van der Waals surface area (Å²) >= 11 is 0. The monoisotopic (exact) mass is 355 g/mol. The van der Waals surface area contributed by atoms with E-state index in [1.807, 2.05) is 13.0 Å². The zero-order valence-corrected chi connectivity index (χ0v) is 15.2. The fourth-order valence-corrected chi connectivity index (χ4v) is 2.67. The van der Waals surface area contributed by atoms with Gasteiger partial charge < -0.3 is 10.2 Å². The number of fused-ring (bicyclic) bond motifs is 1. The molecular formula is C21H25NO4. The summed E-state index contributed by atoms with van der Waals surface area (Å²) < 4.78 is 0. The van der Waals surface area contributed by atoms with Crippen LogP contribution >= 0.6 is 0 Å². The number of imide groups is 1.